The number of aromatic nitrogens is 10. The van der Waals surface area contributed by atoms with Crippen LogP contribution in [0.5, 0.6) is 11.5 Å². The fourth-order valence-electron chi connectivity index (χ4n) is 10.8. The van der Waals surface area contributed by atoms with Crippen molar-refractivity contribution in [1.82, 2.24) is 59.1 Å². The number of benzene rings is 4. The lowest BCUT2D eigenvalue weighted by Gasteiger charge is -2.27. The molecule has 0 bridgehead atoms. The van der Waals surface area contributed by atoms with Crippen LogP contribution < -0.4 is 40.5 Å². The first-order chi connectivity index (χ1) is 44.2. The molecule has 0 spiro atoms. The van der Waals surface area contributed by atoms with Crippen LogP contribution in [0, 0.1) is 0 Å². The molecule has 1 aliphatic rings. The van der Waals surface area contributed by atoms with E-state index in [-0.39, 0.29) is 34.5 Å². The van der Waals surface area contributed by atoms with Gasteiger partial charge in [-0.15, -0.1) is 5.10 Å². The highest BCUT2D eigenvalue weighted by Crippen LogP contribution is 2.45. The minimum atomic E-state index is -0.641. The molecule has 478 valence electrons. The summed E-state index contributed by atoms with van der Waals surface area (Å²) >= 11 is 0. The van der Waals surface area contributed by atoms with Crippen molar-refractivity contribution >= 4 is 91.8 Å². The summed E-state index contributed by atoms with van der Waals surface area (Å²) in [6.07, 6.45) is 4.94. The zero-order chi connectivity index (χ0) is 65.7. The fraction of sp³-hybridized carbons (Fsp3) is 0.318. The van der Waals surface area contributed by atoms with Gasteiger partial charge >= 0.3 is 11.9 Å². The number of carbonyl (C=O) groups is 4. The topological polar surface area (TPSA) is 271 Å². The summed E-state index contributed by atoms with van der Waals surface area (Å²) in [5.74, 6) is -0.883. The molecule has 26 heteroatoms. The van der Waals surface area contributed by atoms with Crippen molar-refractivity contribution in [3.8, 4) is 39.8 Å². The second kappa shape index (κ2) is 27.6. The third-order valence-electron chi connectivity index (χ3n) is 15.5. The molecule has 92 heavy (non-hydrogen) atoms. The number of esters is 2. The Balaban J connectivity index is 0.921. The van der Waals surface area contributed by atoms with Crippen LogP contribution in [0.4, 0.5) is 46.0 Å². The van der Waals surface area contributed by atoms with E-state index in [4.69, 9.17) is 34.0 Å². The largest absolute Gasteiger partial charge is 0.494 e. The number of nitrogens with one attached hydrogen (secondary N) is 4. The van der Waals surface area contributed by atoms with Gasteiger partial charge in [0.15, 0.2) is 11.5 Å². The summed E-state index contributed by atoms with van der Waals surface area (Å²) < 4.78 is 28.7. The number of methoxy groups -OCH3 is 2. The molecule has 4 N–H and O–H groups in total. The van der Waals surface area contributed by atoms with Gasteiger partial charge < -0.3 is 64.4 Å². The number of amides is 2. The second-order valence-electron chi connectivity index (χ2n) is 23.0. The molecule has 0 fully saturated rings. The summed E-state index contributed by atoms with van der Waals surface area (Å²) in [5, 5.41) is 27.5. The Bertz CT molecular complexity index is 4300. The van der Waals surface area contributed by atoms with E-state index in [0.29, 0.717) is 102 Å². The van der Waals surface area contributed by atoms with Gasteiger partial charge in [0.1, 0.15) is 39.5 Å². The molecule has 1 aliphatic carbocycles. The van der Waals surface area contributed by atoms with Crippen LogP contribution in [0.15, 0.2) is 111 Å². The van der Waals surface area contributed by atoms with Crippen LogP contribution in [0.25, 0.3) is 50.4 Å². The van der Waals surface area contributed by atoms with E-state index in [9.17, 15) is 19.2 Å². The highest BCUT2D eigenvalue weighted by molar-refractivity contribution is 6.06. The molecule has 0 unspecified atom stereocenters. The molecule has 4 aromatic carbocycles. The molecular weight excluding hydrogens is 1170 g/mol. The number of aryl methyl sites for hydroxylation is 1. The van der Waals surface area contributed by atoms with Crippen LogP contribution in [0.3, 0.4) is 0 Å². The molecule has 0 saturated heterocycles. The number of nitrogens with zero attached hydrogens (tertiary/aromatic N) is 14. The molecule has 10 rings (SSSR count). The van der Waals surface area contributed by atoms with Crippen LogP contribution in [0.1, 0.15) is 59.7 Å². The minimum Gasteiger partial charge on any atom is -0.494 e. The summed E-state index contributed by atoms with van der Waals surface area (Å²) in [7, 11) is 14.8. The Morgan fingerprint density at radius 2 is 1.24 bits per heavy atom. The maximum Gasteiger partial charge on any atom is 0.343 e. The van der Waals surface area contributed by atoms with Crippen LogP contribution >= 0.6 is 0 Å². The van der Waals surface area contributed by atoms with Crippen LogP contribution in [-0.4, -0.2) is 177 Å². The van der Waals surface area contributed by atoms with Crippen molar-refractivity contribution in [2.75, 3.05) is 113 Å². The lowest BCUT2D eigenvalue weighted by Crippen LogP contribution is -2.33. The van der Waals surface area contributed by atoms with Gasteiger partial charge in [-0.25, -0.2) is 24.5 Å². The minimum absolute atomic E-state index is 0.0683. The van der Waals surface area contributed by atoms with Gasteiger partial charge in [0, 0.05) is 95.8 Å². The molecular formula is C66H76N18O8. The Morgan fingerprint density at radius 3 is 1.84 bits per heavy atom. The van der Waals surface area contributed by atoms with Gasteiger partial charge in [-0.1, -0.05) is 60.8 Å². The summed E-state index contributed by atoms with van der Waals surface area (Å²) in [6.45, 7) is 17.9. The van der Waals surface area contributed by atoms with Crippen molar-refractivity contribution in [2.24, 2.45) is 7.05 Å². The molecule has 0 radical (unpaired) electrons. The van der Waals surface area contributed by atoms with Crippen molar-refractivity contribution in [2.45, 2.75) is 52.9 Å². The third-order valence-corrected chi connectivity index (χ3v) is 15.5. The maximum atomic E-state index is 14.1. The average molecular weight is 1250 g/mol. The van der Waals surface area contributed by atoms with Gasteiger partial charge in [-0.3, -0.25) is 14.3 Å². The van der Waals surface area contributed by atoms with E-state index in [1.165, 1.54) is 36.3 Å². The summed E-state index contributed by atoms with van der Waals surface area (Å²) in [4.78, 5) is 81.0. The van der Waals surface area contributed by atoms with E-state index in [0.717, 1.165) is 39.8 Å². The first-order valence-electron chi connectivity index (χ1n) is 29.9. The normalized spacial score (nSPS) is 11.7. The predicted molar refractivity (Wildman–Crippen MR) is 356 cm³/mol. The Kier molecular flexibility index (Phi) is 19.3. The molecule has 26 nitrogen and oxygen atoms in total. The Labute approximate surface area is 532 Å². The van der Waals surface area contributed by atoms with E-state index >= 15 is 0 Å². The molecule has 0 atom stereocenters. The molecule has 0 aliphatic heterocycles. The number of hydrogen-bond acceptors (Lipinski definition) is 21. The van der Waals surface area contributed by atoms with Crippen molar-refractivity contribution < 1.29 is 38.1 Å². The average Bonchev–Trinajstić information content (AvgIpc) is 1.59. The number of anilines is 8. The van der Waals surface area contributed by atoms with Crippen molar-refractivity contribution in [3.05, 3.63) is 133 Å². The number of likely N-dealkylation sites (N-methyl/N-ethyl adjacent to an activating group) is 4. The SMILES string of the molecule is C=CC(=O)Nc1cc(Nc2ncc(C(=O)OC(C)C)c(-c3nn(CCN(C)CCN(C)c4cc(OC)c(Nc5ncc(C(=O)OC(C)C)c(-n6nnc7c6c6ccccc6n7C)n5)cc4NC(=O)C=C)c4c3-c3ccccc3C4)n2)c(OC)cc1N(C)CCN(C)C. The molecule has 2 amide bonds. The van der Waals surface area contributed by atoms with Crippen molar-refractivity contribution in [3.63, 3.8) is 0 Å². The quantitative estimate of drug-likeness (QED) is 0.0276. The van der Waals surface area contributed by atoms with Gasteiger partial charge in [0.05, 0.1) is 78.3 Å². The molecule has 5 aromatic heterocycles. The number of fused-ring (bicyclic) bond motifs is 6. The zero-order valence-electron chi connectivity index (χ0n) is 53.8. The van der Waals surface area contributed by atoms with E-state index in [1.807, 2.05) is 110 Å². The maximum absolute atomic E-state index is 14.1. The van der Waals surface area contributed by atoms with Crippen molar-refractivity contribution in [1.29, 1.82) is 0 Å². The Morgan fingerprint density at radius 1 is 0.674 bits per heavy atom. The molecule has 9 aromatic rings. The highest BCUT2D eigenvalue weighted by Gasteiger charge is 2.33. The first kappa shape index (κ1) is 64.3. The fourth-order valence-corrected chi connectivity index (χ4v) is 10.8. The molecule has 0 saturated carbocycles. The lowest BCUT2D eigenvalue weighted by molar-refractivity contribution is -0.112. The van der Waals surface area contributed by atoms with Crippen LogP contribution in [-0.2, 0) is 39.1 Å². The van der Waals surface area contributed by atoms with E-state index in [1.54, 1.807) is 53.0 Å². The van der Waals surface area contributed by atoms with E-state index in [2.05, 4.69) is 70.6 Å². The highest BCUT2D eigenvalue weighted by atomic mass is 16.5. The monoisotopic (exact) mass is 1250 g/mol. The van der Waals surface area contributed by atoms with Gasteiger partial charge in [0.25, 0.3) is 0 Å². The number of hydrogen-bond donors (Lipinski definition) is 4. The third kappa shape index (κ3) is 13.6. The number of para-hydroxylation sites is 1. The Hall–Kier alpha value is -10.7. The summed E-state index contributed by atoms with van der Waals surface area (Å²) in [6, 6.07) is 23.0. The zero-order valence-corrected chi connectivity index (χ0v) is 53.8. The lowest BCUT2D eigenvalue weighted by atomic mass is 10.0. The van der Waals surface area contributed by atoms with Crippen LogP contribution in [0.2, 0.25) is 0 Å². The number of carbonyl (C=O) groups excluding carboxylic acids is 4. The second-order valence-corrected chi connectivity index (χ2v) is 23.0. The van der Waals surface area contributed by atoms with Gasteiger partial charge in [-0.2, -0.15) is 14.8 Å². The summed E-state index contributed by atoms with van der Waals surface area (Å²) in [5.41, 5.74) is 10.1. The van der Waals surface area contributed by atoms with Gasteiger partial charge in [-0.05, 0) is 90.3 Å². The smallest absolute Gasteiger partial charge is 0.343 e. The standard InChI is InChI=1S/C66H76N18O8/c1-15-55(85)69-45-32-47(53(89-13)34-50(45)80(10)28-25-78(7)8)71-65-67-36-43(63(87)91-38(3)4)58(73-65)59-57-41-22-18-17-21-40(41)31-52(57)83(76-59)30-27-79(9)26-29-81(11)51-35-54(90-14)48(33-46(51)70-56(86)16-2)72-66-68-37-44(64(88)92-39(5)6)61(74-66)84-60-42-23-19-20-24-49(42)82(12)62(60)75-77-84/h15-24,32-39H,1-2,25-31H2,3-14H3,(H,69,85)(H,70,86)(H,67,71,73)(H,68,72,74). The van der Waals surface area contributed by atoms with E-state index < -0.39 is 36.0 Å². The first-order valence-corrected chi connectivity index (χ1v) is 29.9. The molecule has 5 heterocycles. The predicted octanol–water partition coefficient (Wildman–Crippen LogP) is 8.88. The number of ether oxygens (including phenoxy) is 4. The number of rotatable bonds is 27. The van der Waals surface area contributed by atoms with Gasteiger partial charge in [0.2, 0.25) is 23.7 Å².